The van der Waals surface area contributed by atoms with Crippen LogP contribution < -0.4 is 0 Å². The van der Waals surface area contributed by atoms with Crippen LogP contribution in [0.2, 0.25) is 4.71 Å². The second-order valence-corrected chi connectivity index (χ2v) is 8.21. The quantitative estimate of drug-likeness (QED) is 0.522. The summed E-state index contributed by atoms with van der Waals surface area (Å²) in [6.07, 6.45) is -5.96. The number of aliphatic carboxylic acids is 1. The Balaban J connectivity index is 4.96. The van der Waals surface area contributed by atoms with Crippen molar-refractivity contribution >= 4 is 26.0 Å². The fraction of sp³-hybridized carbons (Fsp3) is 0.818. The molecule has 0 aliphatic heterocycles. The van der Waals surface area contributed by atoms with Crippen LogP contribution in [-0.2, 0) is 9.59 Å². The first-order chi connectivity index (χ1) is 8.58. The molecule has 0 spiro atoms. The molecule has 8 heteroatoms. The van der Waals surface area contributed by atoms with Crippen LogP contribution in [0, 0.1) is 11.8 Å². The summed E-state index contributed by atoms with van der Waals surface area (Å²) in [6.45, 7) is 3.48. The maximum absolute atomic E-state index is 12.2. The summed E-state index contributed by atoms with van der Waals surface area (Å²) in [7, 11) is 0. The molecule has 19 heavy (non-hydrogen) atoms. The summed E-state index contributed by atoms with van der Waals surface area (Å²) in [5, 5.41) is 9.32. The maximum atomic E-state index is 12.2. The van der Waals surface area contributed by atoms with Crippen molar-refractivity contribution in [3.8, 4) is 0 Å². The number of carbonyl (C=O) groups is 2. The van der Waals surface area contributed by atoms with Gasteiger partial charge in [0.25, 0.3) is 0 Å². The number of carboxylic acid groups (broad SMARTS) is 1. The minimum atomic E-state index is -4.42. The molecule has 3 unspecified atom stereocenters. The average Bonchev–Trinajstić information content (AvgIpc) is 2.25. The van der Waals surface area contributed by atoms with Gasteiger partial charge in [-0.1, -0.05) is 0 Å². The zero-order valence-corrected chi connectivity index (χ0v) is 12.6. The molecular weight excluding hydrogens is 328 g/mol. The molecule has 0 heterocycles. The molecule has 2 N–H and O–H groups in total. The number of carbonyl (C=O) groups excluding carboxylic acids is 1. The van der Waals surface area contributed by atoms with E-state index in [-0.39, 0.29) is 17.4 Å². The van der Waals surface area contributed by atoms with Gasteiger partial charge in [-0.2, -0.15) is 0 Å². The van der Waals surface area contributed by atoms with Gasteiger partial charge in [-0.3, -0.25) is 0 Å². The molecule has 0 aromatic rings. The molecule has 0 radical (unpaired) electrons. The van der Waals surface area contributed by atoms with Crippen molar-refractivity contribution in [3.63, 3.8) is 0 Å². The molecule has 0 bridgehead atoms. The van der Waals surface area contributed by atoms with Crippen molar-refractivity contribution in [1.82, 2.24) is 0 Å². The van der Waals surface area contributed by atoms with Gasteiger partial charge in [0.15, 0.2) is 0 Å². The van der Waals surface area contributed by atoms with Crippen LogP contribution in [0.5, 0.6) is 0 Å². The first-order valence-corrected chi connectivity index (χ1v) is 8.81. The molecule has 0 saturated heterocycles. The molecule has 3 atom stereocenters. The van der Waals surface area contributed by atoms with E-state index in [1.54, 1.807) is 13.8 Å². The van der Waals surface area contributed by atoms with Gasteiger partial charge in [-0.05, 0) is 0 Å². The normalized spacial score (nSPS) is 17.0. The molecule has 0 aromatic carbocycles. The van der Waals surface area contributed by atoms with E-state index in [9.17, 15) is 26.9 Å². The van der Waals surface area contributed by atoms with Gasteiger partial charge in [0.05, 0.1) is 0 Å². The molecule has 0 saturated carbocycles. The second kappa shape index (κ2) is 7.90. The van der Waals surface area contributed by atoms with Gasteiger partial charge in [-0.25, -0.2) is 0 Å². The van der Waals surface area contributed by atoms with Crippen LogP contribution in [0.1, 0.15) is 33.1 Å². The Morgan fingerprint density at radius 1 is 1.37 bits per heavy atom. The van der Waals surface area contributed by atoms with Gasteiger partial charge >= 0.3 is 114 Å². The predicted octanol–water partition coefficient (Wildman–Crippen LogP) is 2.20. The van der Waals surface area contributed by atoms with Crippen molar-refractivity contribution in [3.05, 3.63) is 0 Å². The Bertz CT molecular complexity index is 307. The zero-order valence-electron chi connectivity index (χ0n) is 10.7. The van der Waals surface area contributed by atoms with E-state index < -0.39 is 50.6 Å². The van der Waals surface area contributed by atoms with E-state index in [4.69, 9.17) is 5.11 Å². The van der Waals surface area contributed by atoms with E-state index in [0.717, 1.165) is 0 Å². The van der Waals surface area contributed by atoms with Gasteiger partial charge in [0.1, 0.15) is 0 Å². The van der Waals surface area contributed by atoms with Crippen molar-refractivity contribution in [1.29, 1.82) is 0 Å². The summed E-state index contributed by atoms with van der Waals surface area (Å²) < 4.78 is 45.1. The summed E-state index contributed by atoms with van der Waals surface area (Å²) in [4.78, 5) is 21.8. The van der Waals surface area contributed by atoms with Gasteiger partial charge in [0.2, 0.25) is 0 Å². The van der Waals surface area contributed by atoms with E-state index in [0.29, 0.717) is 0 Å². The van der Waals surface area contributed by atoms with Crippen molar-refractivity contribution in [2.75, 3.05) is 0 Å². The van der Waals surface area contributed by atoms with E-state index in [1.165, 1.54) is 0 Å². The van der Waals surface area contributed by atoms with Gasteiger partial charge < -0.3 is 0 Å². The van der Waals surface area contributed by atoms with Crippen molar-refractivity contribution < 1.29 is 32.0 Å². The van der Waals surface area contributed by atoms with Crippen LogP contribution in [0.4, 0.5) is 13.2 Å². The fourth-order valence-electron chi connectivity index (χ4n) is 1.84. The summed E-state index contributed by atoms with van der Waals surface area (Å²) in [5.41, 5.74) is 0. The number of hydrogen-bond donors (Lipinski definition) is 2. The first kappa shape index (κ1) is 18.4. The summed E-state index contributed by atoms with van der Waals surface area (Å²) >= 11 is -3.19. The predicted molar refractivity (Wildman–Crippen MR) is 64.3 cm³/mol. The van der Waals surface area contributed by atoms with E-state index in [1.807, 2.05) is 0 Å². The number of rotatable bonds is 8. The third-order valence-corrected chi connectivity index (χ3v) is 5.85. The number of hydrogen-bond acceptors (Lipinski definition) is 3. The van der Waals surface area contributed by atoms with Crippen molar-refractivity contribution in [2.45, 2.75) is 44.0 Å². The summed E-state index contributed by atoms with van der Waals surface area (Å²) in [6, 6.07) is 0. The molecule has 4 nitrogen and oxygen atoms in total. The van der Waals surface area contributed by atoms with Crippen LogP contribution in [0.3, 0.4) is 0 Å². The molecule has 0 rings (SSSR count). The Labute approximate surface area is 114 Å². The van der Waals surface area contributed by atoms with Gasteiger partial charge in [0, 0.05) is 0 Å². The molecule has 0 aliphatic rings. The van der Waals surface area contributed by atoms with Crippen LogP contribution in [-0.4, -0.2) is 41.4 Å². The monoisotopic (exact) mass is 346 g/mol. The first-order valence-electron chi connectivity index (χ1n) is 5.80. The Kier molecular flexibility index (Phi) is 7.67. The molecular formula is C11H18AsF3O4. The molecule has 0 fully saturated rings. The third kappa shape index (κ3) is 7.57. The Morgan fingerprint density at radius 3 is 2.21 bits per heavy atom. The Hall–Kier alpha value is -0.552. The molecule has 0 amide bonds. The zero-order chi connectivity index (χ0) is 15.2. The Morgan fingerprint density at radius 2 is 1.89 bits per heavy atom. The third-order valence-electron chi connectivity index (χ3n) is 2.68. The molecule has 0 aliphatic carbocycles. The molecule has 112 valence electrons. The second-order valence-electron chi connectivity index (χ2n) is 4.78. The van der Waals surface area contributed by atoms with E-state index >= 15 is 0 Å². The van der Waals surface area contributed by atoms with Crippen molar-refractivity contribution in [2.24, 2.45) is 11.8 Å². The molecule has 0 aromatic heterocycles. The standard InChI is InChI=1S/C11H18AsF3O4/c1-7(2)5-8(10(17)18)9(12(19)6-16)3-4-11(13,14)15/h6-9,19H,3-5H2,1-2H3,(H,17,18). The summed E-state index contributed by atoms with van der Waals surface area (Å²) in [5.74, 6) is -2.39. The fourth-order valence-corrected chi connectivity index (χ4v) is 4.29. The minimum absolute atomic E-state index is 0.0384. The topological polar surface area (TPSA) is 74.6 Å². The van der Waals surface area contributed by atoms with Gasteiger partial charge in [-0.15, -0.1) is 0 Å². The van der Waals surface area contributed by atoms with Crippen LogP contribution in [0.25, 0.3) is 0 Å². The number of carboxylic acids is 1. The van der Waals surface area contributed by atoms with Crippen LogP contribution >= 0.6 is 0 Å². The average molecular weight is 346 g/mol. The SMILES string of the molecule is CC(C)CC(C(=O)O)C(CCC(F)(F)F)[As](O)C=O. The van der Waals surface area contributed by atoms with E-state index in [2.05, 4.69) is 0 Å². The number of alkyl halides is 3. The number of halogens is 3. The van der Waals surface area contributed by atoms with Crippen LogP contribution in [0.15, 0.2) is 0 Å².